The monoisotopic (exact) mass is 179 g/mol. The number of nitrogens with one attached hydrogen (secondary N) is 1. The normalized spacial score (nSPS) is 9.31. The Morgan fingerprint density at radius 2 is 2.23 bits per heavy atom. The van der Waals surface area contributed by atoms with Crippen molar-refractivity contribution in [2.24, 2.45) is 5.73 Å². The van der Waals surface area contributed by atoms with Crippen LogP contribution in [0.25, 0.3) is 0 Å². The van der Waals surface area contributed by atoms with E-state index in [1.165, 1.54) is 6.20 Å². The van der Waals surface area contributed by atoms with Crippen LogP contribution in [0.3, 0.4) is 0 Å². The number of nitrogens with two attached hydrogens (primary N) is 1. The molecule has 0 spiro atoms. The molecule has 0 saturated carbocycles. The van der Waals surface area contributed by atoms with Crippen LogP contribution in [-0.2, 0) is 9.59 Å². The molecule has 68 valence electrons. The third-order valence-electron chi connectivity index (χ3n) is 1.47. The molecule has 1 aromatic heterocycles. The fourth-order valence-corrected chi connectivity index (χ4v) is 0.786. The van der Waals surface area contributed by atoms with Crippen molar-refractivity contribution in [1.29, 1.82) is 0 Å². The third kappa shape index (κ3) is 2.26. The molecule has 5 heteroatoms. The van der Waals surface area contributed by atoms with E-state index in [-0.39, 0.29) is 0 Å². The first-order valence-corrected chi connectivity index (χ1v) is 3.63. The smallest absolute Gasteiger partial charge is 0.314 e. The van der Waals surface area contributed by atoms with Crippen molar-refractivity contribution >= 4 is 17.6 Å². The lowest BCUT2D eigenvalue weighted by molar-refractivity contribution is -0.134. The van der Waals surface area contributed by atoms with E-state index in [9.17, 15) is 9.59 Å². The minimum absolute atomic E-state index is 0.353. The van der Waals surface area contributed by atoms with Gasteiger partial charge in [-0.1, -0.05) is 6.07 Å². The first-order chi connectivity index (χ1) is 6.11. The summed E-state index contributed by atoms with van der Waals surface area (Å²) in [7, 11) is 0. The fourth-order valence-electron chi connectivity index (χ4n) is 0.786. The lowest BCUT2D eigenvalue weighted by Crippen LogP contribution is -2.30. The van der Waals surface area contributed by atoms with Crippen LogP contribution in [-0.4, -0.2) is 16.8 Å². The van der Waals surface area contributed by atoms with Crippen LogP contribution in [0.5, 0.6) is 0 Å². The third-order valence-corrected chi connectivity index (χ3v) is 1.47. The lowest BCUT2D eigenvalue weighted by atomic mass is 10.3. The zero-order valence-corrected chi connectivity index (χ0v) is 7.07. The summed E-state index contributed by atoms with van der Waals surface area (Å²) >= 11 is 0. The van der Waals surface area contributed by atoms with Gasteiger partial charge in [-0.3, -0.25) is 9.59 Å². The average Bonchev–Trinajstić information content (AvgIpc) is 2.08. The molecule has 5 nitrogen and oxygen atoms in total. The van der Waals surface area contributed by atoms with Crippen LogP contribution >= 0.6 is 0 Å². The van der Waals surface area contributed by atoms with Crippen LogP contribution in [0.4, 0.5) is 5.82 Å². The highest BCUT2D eigenvalue weighted by atomic mass is 16.2. The number of primary amides is 1. The number of hydrogen-bond acceptors (Lipinski definition) is 3. The number of carbonyl (C=O) groups is 2. The SMILES string of the molecule is Cc1cccnc1NC(=O)C(N)=O. The predicted molar refractivity (Wildman–Crippen MR) is 46.8 cm³/mol. The van der Waals surface area contributed by atoms with Crippen LogP contribution in [0, 0.1) is 6.92 Å². The van der Waals surface area contributed by atoms with E-state index < -0.39 is 11.8 Å². The molecule has 2 amide bonds. The Balaban J connectivity index is 2.81. The molecule has 0 atom stereocenters. The van der Waals surface area contributed by atoms with Gasteiger partial charge in [-0.2, -0.15) is 0 Å². The quantitative estimate of drug-likeness (QED) is 0.586. The Kier molecular flexibility index (Phi) is 2.59. The second-order valence-corrected chi connectivity index (χ2v) is 2.49. The van der Waals surface area contributed by atoms with Gasteiger partial charge in [0.25, 0.3) is 0 Å². The van der Waals surface area contributed by atoms with E-state index in [2.05, 4.69) is 10.3 Å². The standard InChI is InChI=1S/C8H9N3O2/c1-5-3-2-4-10-7(5)11-8(13)6(9)12/h2-4H,1H3,(H2,9,12)(H,10,11,13). The molecule has 0 aromatic carbocycles. The maximum atomic E-state index is 10.8. The molecule has 0 unspecified atom stereocenters. The first-order valence-electron chi connectivity index (χ1n) is 3.63. The Bertz CT molecular complexity index is 349. The molecule has 1 heterocycles. The molecule has 0 fully saturated rings. The van der Waals surface area contributed by atoms with Crippen molar-refractivity contribution in [2.75, 3.05) is 5.32 Å². The number of hydrogen-bond donors (Lipinski definition) is 2. The highest BCUT2D eigenvalue weighted by Crippen LogP contribution is 2.08. The molecule has 3 N–H and O–H groups in total. The Hall–Kier alpha value is -1.91. The summed E-state index contributed by atoms with van der Waals surface area (Å²) in [4.78, 5) is 25.1. The van der Waals surface area contributed by atoms with Gasteiger partial charge in [0.2, 0.25) is 0 Å². The molecular formula is C8H9N3O2. The Labute approximate surface area is 75.0 Å². The van der Waals surface area contributed by atoms with Gasteiger partial charge in [-0.25, -0.2) is 4.98 Å². The Morgan fingerprint density at radius 3 is 2.77 bits per heavy atom. The van der Waals surface area contributed by atoms with E-state index in [1.807, 2.05) is 0 Å². The van der Waals surface area contributed by atoms with Gasteiger partial charge in [0, 0.05) is 6.20 Å². The summed E-state index contributed by atoms with van der Waals surface area (Å²) in [6.45, 7) is 1.77. The number of rotatable bonds is 1. The second kappa shape index (κ2) is 3.66. The molecule has 0 saturated heterocycles. The van der Waals surface area contributed by atoms with Gasteiger partial charge in [0.1, 0.15) is 5.82 Å². The summed E-state index contributed by atoms with van der Waals surface area (Å²) in [5.41, 5.74) is 5.53. The number of nitrogens with zero attached hydrogens (tertiary/aromatic N) is 1. The summed E-state index contributed by atoms with van der Waals surface area (Å²) in [5, 5.41) is 2.29. The minimum atomic E-state index is -1.02. The fraction of sp³-hybridized carbons (Fsp3) is 0.125. The molecule has 0 bridgehead atoms. The zero-order valence-electron chi connectivity index (χ0n) is 7.07. The molecule has 13 heavy (non-hydrogen) atoms. The minimum Gasteiger partial charge on any atom is -0.361 e. The van der Waals surface area contributed by atoms with Crippen LogP contribution < -0.4 is 11.1 Å². The number of aryl methyl sites for hydroxylation is 1. The highest BCUT2D eigenvalue weighted by Gasteiger charge is 2.10. The van der Waals surface area contributed by atoms with Crippen LogP contribution in [0.1, 0.15) is 5.56 Å². The zero-order chi connectivity index (χ0) is 9.84. The van der Waals surface area contributed by atoms with E-state index in [0.717, 1.165) is 5.56 Å². The van der Waals surface area contributed by atoms with E-state index >= 15 is 0 Å². The van der Waals surface area contributed by atoms with Gasteiger partial charge in [0.15, 0.2) is 0 Å². The van der Waals surface area contributed by atoms with E-state index in [0.29, 0.717) is 5.82 Å². The first kappa shape index (κ1) is 9.18. The summed E-state index contributed by atoms with van der Waals surface area (Å²) in [6, 6.07) is 3.50. The van der Waals surface area contributed by atoms with Gasteiger partial charge in [-0.05, 0) is 18.6 Å². The molecule has 0 aliphatic carbocycles. The molecule has 0 aliphatic heterocycles. The van der Waals surface area contributed by atoms with Crippen molar-refractivity contribution in [3.05, 3.63) is 23.9 Å². The molecule has 0 aliphatic rings. The molecule has 1 rings (SSSR count). The summed E-state index contributed by atoms with van der Waals surface area (Å²) < 4.78 is 0. The highest BCUT2D eigenvalue weighted by molar-refractivity contribution is 6.39. The van der Waals surface area contributed by atoms with Gasteiger partial charge < -0.3 is 11.1 Å². The van der Waals surface area contributed by atoms with Crippen molar-refractivity contribution in [3.63, 3.8) is 0 Å². The Morgan fingerprint density at radius 1 is 1.54 bits per heavy atom. The largest absolute Gasteiger partial charge is 0.361 e. The van der Waals surface area contributed by atoms with Crippen LogP contribution in [0.2, 0.25) is 0 Å². The van der Waals surface area contributed by atoms with Crippen molar-refractivity contribution in [1.82, 2.24) is 4.98 Å². The van der Waals surface area contributed by atoms with Crippen molar-refractivity contribution < 1.29 is 9.59 Å². The van der Waals surface area contributed by atoms with Gasteiger partial charge >= 0.3 is 11.8 Å². The van der Waals surface area contributed by atoms with Crippen LogP contribution in [0.15, 0.2) is 18.3 Å². The second-order valence-electron chi connectivity index (χ2n) is 2.49. The number of pyridine rings is 1. The van der Waals surface area contributed by atoms with Gasteiger partial charge in [0.05, 0.1) is 0 Å². The molecule has 1 aromatic rings. The lowest BCUT2D eigenvalue weighted by Gasteiger charge is -2.03. The number of amides is 2. The summed E-state index contributed by atoms with van der Waals surface area (Å²) in [5.74, 6) is -1.53. The van der Waals surface area contributed by atoms with E-state index in [4.69, 9.17) is 5.73 Å². The number of anilines is 1. The van der Waals surface area contributed by atoms with Crippen molar-refractivity contribution in [2.45, 2.75) is 6.92 Å². The maximum Gasteiger partial charge on any atom is 0.314 e. The average molecular weight is 179 g/mol. The topological polar surface area (TPSA) is 85.1 Å². The maximum absolute atomic E-state index is 10.8. The predicted octanol–water partition coefficient (Wildman–Crippen LogP) is -0.186. The number of aromatic nitrogens is 1. The molecule has 0 radical (unpaired) electrons. The van der Waals surface area contributed by atoms with Crippen molar-refractivity contribution in [3.8, 4) is 0 Å². The summed E-state index contributed by atoms with van der Waals surface area (Å²) in [6.07, 6.45) is 1.52. The van der Waals surface area contributed by atoms with Gasteiger partial charge in [-0.15, -0.1) is 0 Å². The number of carbonyl (C=O) groups excluding carboxylic acids is 2. The molecular weight excluding hydrogens is 170 g/mol. The van der Waals surface area contributed by atoms with E-state index in [1.54, 1.807) is 19.1 Å².